The lowest BCUT2D eigenvalue weighted by Crippen LogP contribution is -2.59. The third kappa shape index (κ3) is 8.51. The first-order valence-electron chi connectivity index (χ1n) is 7.95. The predicted molar refractivity (Wildman–Crippen MR) is 96.3 cm³/mol. The van der Waals surface area contributed by atoms with Crippen LogP contribution >= 0.6 is 12.6 Å². The molecule has 5 atom stereocenters. The number of carboxylic acids is 2. The quantitative estimate of drug-likeness (QED) is 0.137. The fourth-order valence-corrected chi connectivity index (χ4v) is 2.12. The van der Waals surface area contributed by atoms with Gasteiger partial charge in [-0.2, -0.15) is 12.6 Å². The normalized spacial score (nSPS) is 16.0. The Kier molecular flexibility index (Phi) is 11.1. The fourth-order valence-electron chi connectivity index (χ4n) is 1.86. The van der Waals surface area contributed by atoms with Crippen LogP contribution in [0.3, 0.4) is 0 Å². The molecule has 0 fully saturated rings. The van der Waals surface area contributed by atoms with Crippen molar-refractivity contribution in [2.75, 3.05) is 12.4 Å². The highest BCUT2D eigenvalue weighted by atomic mass is 32.1. The fraction of sp³-hybridized carbons (Fsp3) is 0.643. The van der Waals surface area contributed by atoms with Gasteiger partial charge in [-0.25, -0.2) is 4.79 Å². The monoisotopic (exact) mass is 424 g/mol. The highest BCUT2D eigenvalue weighted by molar-refractivity contribution is 7.80. The summed E-state index contributed by atoms with van der Waals surface area (Å²) in [6.07, 6.45) is -2.12. The largest absolute Gasteiger partial charge is 0.481 e. The number of thiol groups is 1. The Morgan fingerprint density at radius 2 is 1.46 bits per heavy atom. The molecule has 0 saturated carbocycles. The molecule has 0 heterocycles. The SMILES string of the molecule is CC(O)C(NC(=O)C(CS)NC(=O)C(CO)NC(=O)C(N)CC(=O)O)C(=O)O. The lowest BCUT2D eigenvalue weighted by atomic mass is 10.1. The van der Waals surface area contributed by atoms with E-state index in [9.17, 15) is 34.2 Å². The zero-order chi connectivity index (χ0) is 22.0. The van der Waals surface area contributed by atoms with E-state index in [0.717, 1.165) is 6.92 Å². The van der Waals surface area contributed by atoms with Crippen molar-refractivity contribution in [2.45, 2.75) is 43.6 Å². The molecule has 0 radical (unpaired) electrons. The van der Waals surface area contributed by atoms with E-state index in [-0.39, 0.29) is 5.75 Å². The van der Waals surface area contributed by atoms with Crippen molar-refractivity contribution in [2.24, 2.45) is 5.73 Å². The van der Waals surface area contributed by atoms with Gasteiger partial charge in [0.05, 0.1) is 25.2 Å². The minimum Gasteiger partial charge on any atom is -0.481 e. The van der Waals surface area contributed by atoms with E-state index in [1.807, 2.05) is 10.6 Å². The highest BCUT2D eigenvalue weighted by Gasteiger charge is 2.31. The molecule has 0 aromatic rings. The van der Waals surface area contributed by atoms with E-state index >= 15 is 0 Å². The molecule has 3 amide bonds. The molecule has 0 aliphatic heterocycles. The summed E-state index contributed by atoms with van der Waals surface area (Å²) in [6, 6.07) is -6.00. The molecule has 0 aromatic heterocycles. The average molecular weight is 424 g/mol. The van der Waals surface area contributed by atoms with Crippen LogP contribution in [-0.4, -0.2) is 92.7 Å². The summed E-state index contributed by atoms with van der Waals surface area (Å²) in [6.45, 7) is 0.259. The van der Waals surface area contributed by atoms with Crippen molar-refractivity contribution in [3.63, 3.8) is 0 Å². The van der Waals surface area contributed by atoms with Gasteiger partial charge in [0.15, 0.2) is 6.04 Å². The molecular formula is C14H24N4O9S. The van der Waals surface area contributed by atoms with Crippen molar-refractivity contribution in [1.82, 2.24) is 16.0 Å². The number of nitrogens with one attached hydrogen (secondary N) is 3. The number of hydrogen-bond donors (Lipinski definition) is 9. The number of rotatable bonds is 12. The Bertz CT molecular complexity index is 601. The van der Waals surface area contributed by atoms with Crippen LogP contribution in [-0.2, 0) is 24.0 Å². The number of hydrogen-bond acceptors (Lipinski definition) is 9. The number of aliphatic hydroxyl groups is 2. The standard InChI is InChI=1S/C14H24N4O9S/c1-5(20)10(14(26)27)18-13(25)8(4-28)17-12(24)7(3-19)16-11(23)6(15)2-9(21)22/h5-8,10,19-20,28H,2-4,15H2,1H3,(H,16,23)(H,17,24)(H,18,25)(H,21,22)(H,26,27). The Hall–Kier alpha value is -2.42. The van der Waals surface area contributed by atoms with Gasteiger partial charge in [-0.15, -0.1) is 0 Å². The first-order chi connectivity index (χ1) is 12.9. The second-order valence-electron chi connectivity index (χ2n) is 5.76. The number of carboxylic acid groups (broad SMARTS) is 2. The molecule has 0 aliphatic carbocycles. The molecule has 0 bridgehead atoms. The summed E-state index contributed by atoms with van der Waals surface area (Å²) in [7, 11) is 0. The summed E-state index contributed by atoms with van der Waals surface area (Å²) < 4.78 is 0. The molecule has 0 aromatic carbocycles. The van der Waals surface area contributed by atoms with E-state index in [2.05, 4.69) is 17.9 Å². The third-order valence-electron chi connectivity index (χ3n) is 3.41. The van der Waals surface area contributed by atoms with Crippen molar-refractivity contribution >= 4 is 42.3 Å². The average Bonchev–Trinajstić information content (AvgIpc) is 2.59. The number of amides is 3. The summed E-state index contributed by atoms with van der Waals surface area (Å²) in [5.74, 6) is -6.11. The van der Waals surface area contributed by atoms with Gasteiger partial charge in [0.25, 0.3) is 0 Å². The molecule has 160 valence electrons. The number of carbonyl (C=O) groups is 5. The summed E-state index contributed by atoms with van der Waals surface area (Å²) in [5, 5.41) is 42.4. The maximum absolute atomic E-state index is 12.2. The molecule has 5 unspecified atom stereocenters. The van der Waals surface area contributed by atoms with Crippen molar-refractivity contribution in [3.8, 4) is 0 Å². The molecule has 0 saturated heterocycles. The lowest BCUT2D eigenvalue weighted by molar-refractivity contribution is -0.145. The van der Waals surface area contributed by atoms with Crippen LogP contribution in [0, 0.1) is 0 Å². The Morgan fingerprint density at radius 1 is 0.964 bits per heavy atom. The van der Waals surface area contributed by atoms with Crippen molar-refractivity contribution in [3.05, 3.63) is 0 Å². The number of nitrogens with two attached hydrogens (primary N) is 1. The van der Waals surface area contributed by atoms with Gasteiger partial charge in [0.1, 0.15) is 12.1 Å². The van der Waals surface area contributed by atoms with E-state index in [4.69, 9.17) is 15.9 Å². The Morgan fingerprint density at radius 3 is 1.86 bits per heavy atom. The molecule has 28 heavy (non-hydrogen) atoms. The van der Waals surface area contributed by atoms with E-state index < -0.39 is 73.0 Å². The molecule has 0 spiro atoms. The van der Waals surface area contributed by atoms with Gasteiger partial charge >= 0.3 is 11.9 Å². The molecule has 9 N–H and O–H groups in total. The summed E-state index contributed by atoms with van der Waals surface area (Å²) >= 11 is 3.87. The van der Waals surface area contributed by atoms with E-state index in [1.165, 1.54) is 0 Å². The summed E-state index contributed by atoms with van der Waals surface area (Å²) in [4.78, 5) is 57.6. The Balaban J connectivity index is 4.99. The van der Waals surface area contributed by atoms with Gasteiger partial charge in [-0.05, 0) is 6.92 Å². The second-order valence-corrected chi connectivity index (χ2v) is 6.12. The number of aliphatic carboxylic acids is 2. The van der Waals surface area contributed by atoms with Gasteiger partial charge in [0.2, 0.25) is 17.7 Å². The molecular weight excluding hydrogens is 400 g/mol. The number of aliphatic hydroxyl groups excluding tert-OH is 2. The number of carbonyl (C=O) groups excluding carboxylic acids is 3. The van der Waals surface area contributed by atoms with Gasteiger partial charge in [-0.3, -0.25) is 19.2 Å². The molecule has 13 nitrogen and oxygen atoms in total. The van der Waals surface area contributed by atoms with Gasteiger partial charge < -0.3 is 42.1 Å². The highest BCUT2D eigenvalue weighted by Crippen LogP contribution is 1.98. The van der Waals surface area contributed by atoms with Crippen LogP contribution in [0.15, 0.2) is 0 Å². The Labute approximate surface area is 165 Å². The van der Waals surface area contributed by atoms with Crippen LogP contribution in [0.25, 0.3) is 0 Å². The molecule has 0 rings (SSSR count). The smallest absolute Gasteiger partial charge is 0.328 e. The van der Waals surface area contributed by atoms with Crippen LogP contribution in [0.5, 0.6) is 0 Å². The van der Waals surface area contributed by atoms with Crippen molar-refractivity contribution < 1.29 is 44.4 Å². The topological polar surface area (TPSA) is 228 Å². The van der Waals surface area contributed by atoms with Crippen LogP contribution in [0.2, 0.25) is 0 Å². The van der Waals surface area contributed by atoms with Gasteiger partial charge in [0, 0.05) is 5.75 Å². The minimum atomic E-state index is -1.63. The van der Waals surface area contributed by atoms with Crippen LogP contribution < -0.4 is 21.7 Å². The zero-order valence-electron chi connectivity index (χ0n) is 14.9. The maximum Gasteiger partial charge on any atom is 0.328 e. The first-order valence-corrected chi connectivity index (χ1v) is 8.58. The molecule has 14 heteroatoms. The zero-order valence-corrected chi connectivity index (χ0v) is 15.8. The van der Waals surface area contributed by atoms with E-state index in [1.54, 1.807) is 0 Å². The first kappa shape index (κ1) is 25.6. The maximum atomic E-state index is 12.2. The van der Waals surface area contributed by atoms with E-state index in [0.29, 0.717) is 0 Å². The minimum absolute atomic E-state index is 0.269. The lowest BCUT2D eigenvalue weighted by Gasteiger charge is -2.24. The molecule has 0 aliphatic rings. The second kappa shape index (κ2) is 12.1. The van der Waals surface area contributed by atoms with Crippen LogP contribution in [0.4, 0.5) is 0 Å². The van der Waals surface area contributed by atoms with Gasteiger partial charge in [-0.1, -0.05) is 0 Å². The third-order valence-corrected chi connectivity index (χ3v) is 3.77. The summed E-state index contributed by atoms with van der Waals surface area (Å²) in [5.41, 5.74) is 5.35. The predicted octanol–water partition coefficient (Wildman–Crippen LogP) is -4.37. The van der Waals surface area contributed by atoms with Crippen LogP contribution in [0.1, 0.15) is 13.3 Å². The van der Waals surface area contributed by atoms with Crippen molar-refractivity contribution in [1.29, 1.82) is 0 Å².